The first-order chi connectivity index (χ1) is 6.48. The molecule has 0 amide bonds. The summed E-state index contributed by atoms with van der Waals surface area (Å²) < 4.78 is 41.6. The Morgan fingerprint density at radius 2 is 1.93 bits per heavy atom. The molecule has 2 aromatic rings. The summed E-state index contributed by atoms with van der Waals surface area (Å²) in [6, 6.07) is 3.09. The van der Waals surface area contributed by atoms with Gasteiger partial charge in [-0.15, -0.1) is 5.46 Å². The molecule has 2 nitrogen and oxygen atoms in total. The Hall–Kier alpha value is 0.471. The molecule has 0 aliphatic rings. The third kappa shape index (κ3) is 2.78. The maximum atomic E-state index is 12.3. The molecule has 0 fully saturated rings. The zero-order chi connectivity index (χ0) is 10.3. The van der Waals surface area contributed by atoms with Crippen molar-refractivity contribution in [1.82, 2.24) is 5.16 Å². The number of nitrogens with zero attached hydrogens (tertiary/aromatic N) is 1. The second-order valence-corrected chi connectivity index (χ2v) is 3.16. The molecule has 0 atom stereocenters. The van der Waals surface area contributed by atoms with Crippen LogP contribution in [0.3, 0.4) is 0 Å². The van der Waals surface area contributed by atoms with Crippen LogP contribution < -0.4 is 56.8 Å². The predicted molar refractivity (Wildman–Crippen MR) is 47.7 cm³/mol. The minimum absolute atomic E-state index is 0. The molecule has 0 bridgehead atoms. The van der Waals surface area contributed by atoms with E-state index in [9.17, 15) is 12.9 Å². The van der Waals surface area contributed by atoms with E-state index in [-0.39, 0.29) is 67.5 Å². The minimum atomic E-state index is -5.01. The normalized spacial score (nSPS) is 11.5. The van der Waals surface area contributed by atoms with Crippen molar-refractivity contribution in [2.24, 2.45) is 0 Å². The van der Waals surface area contributed by atoms with Gasteiger partial charge in [-0.1, -0.05) is 28.9 Å². The van der Waals surface area contributed by atoms with E-state index in [2.05, 4.69) is 9.68 Å². The minimum Gasteiger partial charge on any atom is -0.445 e. The molecule has 2 rings (SSSR count). The van der Waals surface area contributed by atoms with E-state index in [4.69, 9.17) is 11.6 Å². The quantitative estimate of drug-likeness (QED) is 0.648. The zero-order valence-electron chi connectivity index (χ0n) is 7.68. The molecule has 0 unspecified atom stereocenters. The Morgan fingerprint density at radius 1 is 1.27 bits per heavy atom. The third-order valence-electron chi connectivity index (χ3n) is 1.83. The summed E-state index contributed by atoms with van der Waals surface area (Å²) in [6.45, 7) is -5.01. The number of hydrogen-bond donors (Lipinski definition) is 0. The van der Waals surface area contributed by atoms with E-state index in [0.29, 0.717) is 0 Å². The molecule has 1 aromatic heterocycles. The van der Waals surface area contributed by atoms with Crippen molar-refractivity contribution < 1.29 is 68.9 Å². The van der Waals surface area contributed by atoms with Crippen LogP contribution in [-0.4, -0.2) is 12.1 Å². The van der Waals surface area contributed by atoms with Crippen LogP contribution in [0.5, 0.6) is 0 Å². The van der Waals surface area contributed by atoms with Gasteiger partial charge in [0.05, 0.1) is 5.39 Å². The fourth-order valence-corrected chi connectivity index (χ4v) is 1.31. The van der Waals surface area contributed by atoms with E-state index < -0.39 is 12.4 Å². The Labute approximate surface area is 131 Å². The van der Waals surface area contributed by atoms with Crippen molar-refractivity contribution in [3.63, 3.8) is 0 Å². The fourth-order valence-electron chi connectivity index (χ4n) is 1.13. The first-order valence-corrected chi connectivity index (χ1v) is 4.11. The topological polar surface area (TPSA) is 26.0 Å². The molecular weight excluding hydrogens is 256 g/mol. The SMILES string of the molecule is F[B-](F)(F)c1ccc2onc(Cl)c2c1.[K+]. The summed E-state index contributed by atoms with van der Waals surface area (Å²) in [6.07, 6.45) is 0. The van der Waals surface area contributed by atoms with Crippen LogP contribution in [0.4, 0.5) is 12.9 Å². The van der Waals surface area contributed by atoms with Crippen LogP contribution in [0.1, 0.15) is 0 Å². The number of halogens is 4. The van der Waals surface area contributed by atoms with Crippen LogP contribution in [-0.2, 0) is 0 Å². The summed E-state index contributed by atoms with van der Waals surface area (Å²) in [5, 5.41) is 3.48. The molecule has 0 aliphatic carbocycles. The van der Waals surface area contributed by atoms with Gasteiger partial charge in [0.1, 0.15) is 0 Å². The molecule has 0 saturated carbocycles. The van der Waals surface area contributed by atoms with E-state index >= 15 is 0 Å². The van der Waals surface area contributed by atoms with Gasteiger partial charge in [0.15, 0.2) is 10.7 Å². The second-order valence-electron chi connectivity index (χ2n) is 2.80. The van der Waals surface area contributed by atoms with Gasteiger partial charge in [0, 0.05) is 0 Å². The van der Waals surface area contributed by atoms with Crippen LogP contribution in [0.25, 0.3) is 11.0 Å². The van der Waals surface area contributed by atoms with Gasteiger partial charge in [-0.3, -0.25) is 0 Å². The van der Waals surface area contributed by atoms with Gasteiger partial charge >= 0.3 is 58.4 Å². The molecule has 15 heavy (non-hydrogen) atoms. The van der Waals surface area contributed by atoms with E-state index in [1.807, 2.05) is 0 Å². The molecule has 0 radical (unpaired) electrons. The first-order valence-electron chi connectivity index (χ1n) is 3.73. The molecule has 0 spiro atoms. The zero-order valence-corrected chi connectivity index (χ0v) is 11.6. The van der Waals surface area contributed by atoms with Gasteiger partial charge in [0.25, 0.3) is 0 Å². The number of hydrogen-bond acceptors (Lipinski definition) is 2. The summed E-state index contributed by atoms with van der Waals surface area (Å²) in [7, 11) is 0. The van der Waals surface area contributed by atoms with Gasteiger partial charge < -0.3 is 17.5 Å². The smallest absolute Gasteiger partial charge is 0.445 e. The monoisotopic (exact) mass is 259 g/mol. The van der Waals surface area contributed by atoms with Gasteiger partial charge in [-0.25, -0.2) is 0 Å². The molecule has 1 heterocycles. The van der Waals surface area contributed by atoms with Crippen molar-refractivity contribution >= 4 is 35.0 Å². The summed E-state index contributed by atoms with van der Waals surface area (Å²) in [4.78, 5) is 0. The summed E-state index contributed by atoms with van der Waals surface area (Å²) in [5.41, 5.74) is -0.457. The number of aromatic nitrogens is 1. The molecule has 0 saturated heterocycles. The van der Waals surface area contributed by atoms with Gasteiger partial charge in [-0.2, -0.15) is 0 Å². The number of rotatable bonds is 1. The first kappa shape index (κ1) is 13.5. The van der Waals surface area contributed by atoms with Crippen molar-refractivity contribution in [1.29, 1.82) is 0 Å². The molecule has 0 N–H and O–H groups in total. The Kier molecular flexibility index (Phi) is 4.30. The van der Waals surface area contributed by atoms with Crippen LogP contribution in [0, 0.1) is 0 Å². The predicted octanol–water partition coefficient (Wildman–Crippen LogP) is -0.460. The van der Waals surface area contributed by atoms with Crippen LogP contribution in [0.15, 0.2) is 22.7 Å². The average Bonchev–Trinajstić information content (AvgIpc) is 2.46. The van der Waals surface area contributed by atoms with Gasteiger partial charge in [0.2, 0.25) is 0 Å². The van der Waals surface area contributed by atoms with Crippen LogP contribution >= 0.6 is 11.6 Å². The van der Waals surface area contributed by atoms with E-state index in [1.165, 1.54) is 6.07 Å². The molecule has 0 aliphatic heterocycles. The van der Waals surface area contributed by atoms with Crippen molar-refractivity contribution in [2.45, 2.75) is 0 Å². The number of benzene rings is 1. The second kappa shape index (κ2) is 4.77. The van der Waals surface area contributed by atoms with Crippen molar-refractivity contribution in [3.8, 4) is 0 Å². The van der Waals surface area contributed by atoms with E-state index in [0.717, 1.165) is 12.1 Å². The van der Waals surface area contributed by atoms with Crippen molar-refractivity contribution in [2.75, 3.05) is 0 Å². The number of fused-ring (bicyclic) bond motifs is 1. The van der Waals surface area contributed by atoms with Gasteiger partial charge in [-0.05, 0) is 6.07 Å². The van der Waals surface area contributed by atoms with Crippen LogP contribution in [0.2, 0.25) is 5.15 Å². The Balaban J connectivity index is 0.00000112. The summed E-state index contributed by atoms with van der Waals surface area (Å²) >= 11 is 5.53. The summed E-state index contributed by atoms with van der Waals surface area (Å²) in [5.74, 6) is 0. The standard InChI is InChI=1S/C7H3BClF3NO.K/c9-7-5-3-4(8(10,11)12)1-2-6(5)14-13-7;/h1-3H;/q-1;+1. The van der Waals surface area contributed by atoms with Crippen molar-refractivity contribution in [3.05, 3.63) is 23.4 Å². The maximum Gasteiger partial charge on any atom is 1.00 e. The molecular formula is C7H3BClF3KNO. The molecule has 1 aromatic carbocycles. The maximum absolute atomic E-state index is 12.3. The molecule has 8 heteroatoms. The Bertz CT molecular complexity index is 487. The largest absolute Gasteiger partial charge is 1.00 e. The fraction of sp³-hybridized carbons (Fsp3) is 0. The third-order valence-corrected chi connectivity index (χ3v) is 2.10. The Morgan fingerprint density at radius 3 is 2.53 bits per heavy atom. The molecule has 74 valence electrons. The average molecular weight is 259 g/mol. The van der Waals surface area contributed by atoms with E-state index in [1.54, 1.807) is 0 Å².